The Kier molecular flexibility index (Phi) is 9.50. The molecule has 0 bridgehead atoms. The van der Waals surface area contributed by atoms with Crippen molar-refractivity contribution in [3.8, 4) is 0 Å². The fraction of sp³-hybridized carbons (Fsp3) is 0.423. The number of alkyl halides is 3. The molecule has 1 atom stereocenters. The SMILES string of the molecule is CCc1cc(C(F)(F)F)n2nc(C3CCCN3C(=O)c3ccc(C)nc3)cc2n1.O=C(O)CC(O)(CC(=O)O)C(=O)O. The van der Waals surface area contributed by atoms with Crippen LogP contribution in [0.2, 0.25) is 0 Å². The van der Waals surface area contributed by atoms with E-state index in [9.17, 15) is 32.3 Å². The third-order valence-electron chi connectivity index (χ3n) is 6.45. The second-order valence-corrected chi connectivity index (χ2v) is 9.65. The van der Waals surface area contributed by atoms with Crippen molar-refractivity contribution in [3.05, 3.63) is 58.8 Å². The van der Waals surface area contributed by atoms with Crippen LogP contribution in [0.5, 0.6) is 0 Å². The van der Waals surface area contributed by atoms with Crippen molar-refractivity contribution in [2.45, 2.75) is 63.8 Å². The molecule has 1 aliphatic rings. The molecule has 1 unspecified atom stereocenters. The van der Waals surface area contributed by atoms with Crippen molar-refractivity contribution in [3.63, 3.8) is 0 Å². The summed E-state index contributed by atoms with van der Waals surface area (Å²) < 4.78 is 41.4. The van der Waals surface area contributed by atoms with E-state index >= 15 is 0 Å². The van der Waals surface area contributed by atoms with E-state index in [1.165, 1.54) is 6.20 Å². The van der Waals surface area contributed by atoms with Crippen molar-refractivity contribution in [1.82, 2.24) is 24.5 Å². The number of hydrogen-bond acceptors (Lipinski definition) is 8. The van der Waals surface area contributed by atoms with Crippen molar-refractivity contribution in [2.75, 3.05) is 6.54 Å². The highest BCUT2D eigenvalue weighted by Crippen LogP contribution is 2.35. The molecule has 0 spiro atoms. The zero-order chi connectivity index (χ0) is 31.4. The Morgan fingerprint density at radius 2 is 1.69 bits per heavy atom. The summed E-state index contributed by atoms with van der Waals surface area (Å²) in [5, 5.41) is 38.0. The molecule has 0 aromatic carbocycles. The van der Waals surface area contributed by atoms with E-state index in [2.05, 4.69) is 15.1 Å². The Morgan fingerprint density at radius 1 is 1.05 bits per heavy atom. The maximum absolute atomic E-state index is 13.5. The van der Waals surface area contributed by atoms with Crippen molar-refractivity contribution in [2.24, 2.45) is 0 Å². The second kappa shape index (κ2) is 12.5. The maximum atomic E-state index is 13.5. The number of pyridine rings is 1. The molecule has 4 N–H and O–H groups in total. The number of aliphatic carboxylic acids is 3. The van der Waals surface area contributed by atoms with E-state index < -0.39 is 54.3 Å². The zero-order valence-electron chi connectivity index (χ0n) is 22.5. The van der Waals surface area contributed by atoms with E-state index in [0.717, 1.165) is 22.7 Å². The van der Waals surface area contributed by atoms with Gasteiger partial charge in [0.1, 0.15) is 5.69 Å². The Labute approximate surface area is 236 Å². The lowest BCUT2D eigenvalue weighted by molar-refractivity contribution is -0.170. The van der Waals surface area contributed by atoms with Gasteiger partial charge >= 0.3 is 24.1 Å². The molecule has 3 aromatic rings. The largest absolute Gasteiger partial charge is 0.481 e. The van der Waals surface area contributed by atoms with E-state index in [-0.39, 0.29) is 11.6 Å². The molecule has 226 valence electrons. The number of halogens is 3. The van der Waals surface area contributed by atoms with Gasteiger partial charge < -0.3 is 25.3 Å². The van der Waals surface area contributed by atoms with Gasteiger partial charge in [-0.05, 0) is 44.4 Å². The lowest BCUT2D eigenvalue weighted by Crippen LogP contribution is -2.42. The molecular weight excluding hydrogens is 567 g/mol. The molecule has 1 fully saturated rings. The minimum absolute atomic E-state index is 0.142. The Bertz CT molecular complexity index is 1470. The van der Waals surface area contributed by atoms with Crippen molar-refractivity contribution in [1.29, 1.82) is 0 Å². The average molecular weight is 596 g/mol. The van der Waals surface area contributed by atoms with Crippen LogP contribution in [0.25, 0.3) is 5.65 Å². The van der Waals surface area contributed by atoms with Crippen molar-refractivity contribution < 1.29 is 52.8 Å². The molecule has 16 heteroatoms. The van der Waals surface area contributed by atoms with Crippen LogP contribution < -0.4 is 0 Å². The summed E-state index contributed by atoms with van der Waals surface area (Å²) in [4.78, 5) is 53.5. The summed E-state index contributed by atoms with van der Waals surface area (Å²) >= 11 is 0. The van der Waals surface area contributed by atoms with Gasteiger partial charge in [-0.25, -0.2) is 14.3 Å². The molecular formula is C26H28F3N5O8. The lowest BCUT2D eigenvalue weighted by atomic mass is 9.96. The standard InChI is InChI=1S/C20H20F3N5O.C6H8O7/c1-3-14-9-17(20(21,22)23)28-18(25-14)10-15(26-28)16-5-4-8-27(16)19(29)13-7-6-12(2)24-11-13;7-3(8)1-6(13,5(11)12)2-4(9)10/h6-7,9-11,16H,3-5,8H2,1-2H3;13H,1-2H2,(H,7,8)(H,9,10)(H,11,12). The Hall–Kier alpha value is -4.60. The minimum atomic E-state index is -4.55. The predicted molar refractivity (Wildman–Crippen MR) is 136 cm³/mol. The highest BCUT2D eigenvalue weighted by atomic mass is 19.4. The molecule has 0 saturated carbocycles. The fourth-order valence-electron chi connectivity index (χ4n) is 4.38. The van der Waals surface area contributed by atoms with Gasteiger partial charge in [0.25, 0.3) is 5.91 Å². The summed E-state index contributed by atoms with van der Waals surface area (Å²) in [5.74, 6) is -5.22. The normalized spacial score (nSPS) is 15.3. The third-order valence-corrected chi connectivity index (χ3v) is 6.45. The Morgan fingerprint density at radius 3 is 2.19 bits per heavy atom. The first-order chi connectivity index (χ1) is 19.6. The van der Waals surface area contributed by atoms with Gasteiger partial charge in [0.2, 0.25) is 0 Å². The smallest absolute Gasteiger partial charge is 0.433 e. The number of aliphatic hydroxyl groups is 1. The summed E-state index contributed by atoms with van der Waals surface area (Å²) in [6.07, 6.45) is -3.54. The molecule has 0 radical (unpaired) electrons. The minimum Gasteiger partial charge on any atom is -0.481 e. The van der Waals surface area contributed by atoms with Gasteiger partial charge in [-0.15, -0.1) is 0 Å². The molecule has 13 nitrogen and oxygen atoms in total. The number of likely N-dealkylation sites (tertiary alicyclic amines) is 1. The van der Waals surface area contributed by atoms with Crippen LogP contribution in [-0.4, -0.2) is 80.9 Å². The molecule has 42 heavy (non-hydrogen) atoms. The number of carbonyl (C=O) groups excluding carboxylic acids is 1. The topological polar surface area (TPSA) is 196 Å². The quantitative estimate of drug-likeness (QED) is 0.299. The lowest BCUT2D eigenvalue weighted by Gasteiger charge is -2.23. The third kappa shape index (κ3) is 7.37. The summed E-state index contributed by atoms with van der Waals surface area (Å²) in [6.45, 7) is 4.10. The van der Waals surface area contributed by atoms with E-state index in [1.807, 2.05) is 6.92 Å². The highest BCUT2D eigenvalue weighted by Gasteiger charge is 2.41. The Balaban J connectivity index is 0.000000316. The highest BCUT2D eigenvalue weighted by molar-refractivity contribution is 5.94. The van der Waals surface area contributed by atoms with Crippen molar-refractivity contribution >= 4 is 29.5 Å². The molecule has 0 aliphatic carbocycles. The number of rotatable bonds is 8. The molecule has 4 heterocycles. The number of aryl methyl sites for hydroxylation is 2. The van der Waals surface area contributed by atoms with E-state index in [4.69, 9.17) is 20.4 Å². The fourth-order valence-corrected chi connectivity index (χ4v) is 4.38. The molecule has 4 rings (SSSR count). The number of carboxylic acids is 3. The van der Waals surface area contributed by atoms with Crippen LogP contribution in [0.4, 0.5) is 13.2 Å². The number of amides is 1. The first kappa shape index (κ1) is 31.9. The van der Waals surface area contributed by atoms with Gasteiger partial charge in [0.15, 0.2) is 11.2 Å². The second-order valence-electron chi connectivity index (χ2n) is 9.65. The maximum Gasteiger partial charge on any atom is 0.433 e. The number of carbonyl (C=O) groups is 4. The summed E-state index contributed by atoms with van der Waals surface area (Å²) in [7, 11) is 0. The van der Waals surface area contributed by atoms with Gasteiger partial charge in [-0.3, -0.25) is 19.4 Å². The van der Waals surface area contributed by atoms with Crippen LogP contribution in [0, 0.1) is 6.92 Å². The molecule has 1 aliphatic heterocycles. The van der Waals surface area contributed by atoms with E-state index in [0.29, 0.717) is 36.3 Å². The average Bonchev–Trinajstić information content (AvgIpc) is 3.54. The molecule has 3 aromatic heterocycles. The van der Waals surface area contributed by atoms with Gasteiger partial charge in [-0.1, -0.05) is 6.92 Å². The molecule has 1 amide bonds. The van der Waals surface area contributed by atoms with Crippen LogP contribution in [-0.2, 0) is 27.0 Å². The van der Waals surface area contributed by atoms with Gasteiger partial charge in [-0.2, -0.15) is 18.3 Å². The van der Waals surface area contributed by atoms with Gasteiger partial charge in [0, 0.05) is 30.2 Å². The van der Waals surface area contributed by atoms with Crippen LogP contribution >= 0.6 is 0 Å². The number of fused-ring (bicyclic) bond motifs is 1. The molecule has 1 saturated heterocycles. The number of carboxylic acid groups (broad SMARTS) is 3. The van der Waals surface area contributed by atoms with Crippen LogP contribution in [0.15, 0.2) is 30.5 Å². The summed E-state index contributed by atoms with van der Waals surface area (Å²) in [6, 6.07) is 5.66. The zero-order valence-corrected chi connectivity index (χ0v) is 22.5. The number of hydrogen-bond donors (Lipinski definition) is 4. The number of nitrogens with zero attached hydrogens (tertiary/aromatic N) is 5. The van der Waals surface area contributed by atoms with Crippen LogP contribution in [0.1, 0.15) is 71.8 Å². The first-order valence-corrected chi connectivity index (χ1v) is 12.7. The number of aromatic nitrogens is 4. The van der Waals surface area contributed by atoms with E-state index in [1.54, 1.807) is 30.0 Å². The monoisotopic (exact) mass is 595 g/mol. The van der Waals surface area contributed by atoms with Crippen LogP contribution in [0.3, 0.4) is 0 Å². The first-order valence-electron chi connectivity index (χ1n) is 12.7. The predicted octanol–water partition coefficient (Wildman–Crippen LogP) is 2.74. The van der Waals surface area contributed by atoms with Gasteiger partial charge in [0.05, 0.1) is 30.1 Å². The summed E-state index contributed by atoms with van der Waals surface area (Å²) in [5.41, 5.74) is -1.43.